The maximum absolute atomic E-state index is 3.71. The molecule has 1 aliphatic heterocycles. The lowest BCUT2D eigenvalue weighted by atomic mass is 9.96. The lowest BCUT2D eigenvalue weighted by molar-refractivity contribution is 0.109. The van der Waals surface area contributed by atoms with Gasteiger partial charge in [-0.2, -0.15) is 0 Å². The lowest BCUT2D eigenvalue weighted by Crippen LogP contribution is -2.55. The maximum atomic E-state index is 3.71. The van der Waals surface area contributed by atoms with Crippen molar-refractivity contribution < 1.29 is 0 Å². The highest BCUT2D eigenvalue weighted by atomic mass is 15.2. The fourth-order valence-electron chi connectivity index (χ4n) is 3.72. The minimum Gasteiger partial charge on any atom is -0.311 e. The molecule has 2 nitrogen and oxygen atoms in total. The summed E-state index contributed by atoms with van der Waals surface area (Å²) in [4.78, 5) is 2.77. The Labute approximate surface area is 99.8 Å². The molecule has 0 spiro atoms. The van der Waals surface area contributed by atoms with E-state index in [1.807, 2.05) is 0 Å². The van der Waals surface area contributed by atoms with E-state index in [0.717, 1.165) is 23.9 Å². The van der Waals surface area contributed by atoms with Crippen molar-refractivity contribution in [1.82, 2.24) is 10.2 Å². The third kappa shape index (κ3) is 2.28. The largest absolute Gasteiger partial charge is 0.311 e. The first kappa shape index (κ1) is 11.0. The first-order chi connectivity index (χ1) is 7.84. The lowest BCUT2D eigenvalue weighted by Gasteiger charge is -2.40. The summed E-state index contributed by atoms with van der Waals surface area (Å²) in [6, 6.07) is 1.66. The molecular weight excluding hydrogens is 196 g/mol. The monoisotopic (exact) mass is 222 g/mol. The molecule has 92 valence electrons. The number of hydrogen-bond acceptors (Lipinski definition) is 2. The molecule has 0 bridgehead atoms. The summed E-state index contributed by atoms with van der Waals surface area (Å²) in [6.07, 6.45) is 8.88. The zero-order chi connectivity index (χ0) is 11.0. The van der Waals surface area contributed by atoms with Crippen molar-refractivity contribution in [2.45, 2.75) is 57.5 Å². The van der Waals surface area contributed by atoms with Crippen molar-refractivity contribution >= 4 is 0 Å². The van der Waals surface area contributed by atoms with E-state index >= 15 is 0 Å². The summed E-state index contributed by atoms with van der Waals surface area (Å²) < 4.78 is 0. The molecule has 3 rings (SSSR count). The highest BCUT2D eigenvalue weighted by Gasteiger charge is 2.36. The topological polar surface area (TPSA) is 15.3 Å². The smallest absolute Gasteiger partial charge is 0.0223 e. The van der Waals surface area contributed by atoms with Gasteiger partial charge in [0.15, 0.2) is 0 Å². The quantitative estimate of drug-likeness (QED) is 0.788. The molecule has 1 saturated heterocycles. The van der Waals surface area contributed by atoms with Gasteiger partial charge in [0.2, 0.25) is 0 Å². The van der Waals surface area contributed by atoms with Crippen molar-refractivity contribution in [2.75, 3.05) is 19.6 Å². The van der Waals surface area contributed by atoms with E-state index in [4.69, 9.17) is 0 Å². The van der Waals surface area contributed by atoms with Gasteiger partial charge in [0.1, 0.15) is 0 Å². The first-order valence-electron chi connectivity index (χ1n) is 7.32. The van der Waals surface area contributed by atoms with E-state index in [1.165, 1.54) is 58.2 Å². The van der Waals surface area contributed by atoms with E-state index in [2.05, 4.69) is 17.1 Å². The standard InChI is InChI=1S/C14H26N2/c1-11(12-4-2-3-5-12)16-9-8-15-14(10-16)13-6-7-13/h11-15H,2-10H2,1H3. The van der Waals surface area contributed by atoms with Gasteiger partial charge < -0.3 is 5.32 Å². The van der Waals surface area contributed by atoms with Crippen LogP contribution in [0.1, 0.15) is 45.4 Å². The number of hydrogen-bond donors (Lipinski definition) is 1. The summed E-state index contributed by atoms with van der Waals surface area (Å²) in [7, 11) is 0. The molecule has 0 aromatic rings. The number of nitrogens with one attached hydrogen (secondary N) is 1. The fourth-order valence-corrected chi connectivity index (χ4v) is 3.72. The SMILES string of the molecule is CC(C1CCCC1)N1CCNC(C2CC2)C1. The van der Waals surface area contributed by atoms with E-state index in [1.54, 1.807) is 0 Å². The van der Waals surface area contributed by atoms with Crippen LogP contribution in [0.2, 0.25) is 0 Å². The molecule has 16 heavy (non-hydrogen) atoms. The second kappa shape index (κ2) is 4.66. The van der Waals surface area contributed by atoms with Crippen LogP contribution in [0.15, 0.2) is 0 Å². The number of piperazine rings is 1. The Morgan fingerprint density at radius 1 is 1.12 bits per heavy atom. The Hall–Kier alpha value is -0.0800. The minimum atomic E-state index is 0.817. The number of rotatable bonds is 3. The van der Waals surface area contributed by atoms with Crippen LogP contribution in [0.4, 0.5) is 0 Å². The van der Waals surface area contributed by atoms with E-state index < -0.39 is 0 Å². The highest BCUT2D eigenvalue weighted by molar-refractivity contribution is 4.93. The zero-order valence-corrected chi connectivity index (χ0v) is 10.6. The average Bonchev–Trinajstić information content (AvgIpc) is 3.04. The van der Waals surface area contributed by atoms with Crippen molar-refractivity contribution in [3.63, 3.8) is 0 Å². The summed E-state index contributed by atoms with van der Waals surface area (Å²) in [5.41, 5.74) is 0. The van der Waals surface area contributed by atoms with Gasteiger partial charge in [-0.1, -0.05) is 12.8 Å². The average molecular weight is 222 g/mol. The van der Waals surface area contributed by atoms with E-state index in [9.17, 15) is 0 Å². The second-order valence-electron chi connectivity index (χ2n) is 6.18. The van der Waals surface area contributed by atoms with Gasteiger partial charge in [-0.15, -0.1) is 0 Å². The van der Waals surface area contributed by atoms with Crippen molar-refractivity contribution in [2.24, 2.45) is 11.8 Å². The van der Waals surface area contributed by atoms with Crippen LogP contribution < -0.4 is 5.32 Å². The minimum absolute atomic E-state index is 0.817. The Kier molecular flexibility index (Phi) is 3.21. The predicted octanol–water partition coefficient (Wildman–Crippen LogP) is 2.25. The molecule has 1 N–H and O–H groups in total. The molecule has 0 aromatic heterocycles. The van der Waals surface area contributed by atoms with E-state index in [-0.39, 0.29) is 0 Å². The van der Waals surface area contributed by atoms with Crippen molar-refractivity contribution in [3.05, 3.63) is 0 Å². The molecule has 3 fully saturated rings. The highest BCUT2D eigenvalue weighted by Crippen LogP contribution is 2.35. The van der Waals surface area contributed by atoms with Crippen LogP contribution in [0.5, 0.6) is 0 Å². The van der Waals surface area contributed by atoms with Gasteiger partial charge in [0, 0.05) is 31.7 Å². The van der Waals surface area contributed by atoms with Crippen LogP contribution in [-0.4, -0.2) is 36.6 Å². The fraction of sp³-hybridized carbons (Fsp3) is 1.00. The molecule has 2 unspecified atom stereocenters. The summed E-state index contributed by atoms with van der Waals surface area (Å²) in [5.74, 6) is 2.01. The van der Waals surface area contributed by atoms with Gasteiger partial charge in [-0.3, -0.25) is 4.90 Å². The maximum Gasteiger partial charge on any atom is 0.0223 e. The van der Waals surface area contributed by atoms with Crippen LogP contribution in [0.3, 0.4) is 0 Å². The Morgan fingerprint density at radius 2 is 1.88 bits per heavy atom. The van der Waals surface area contributed by atoms with E-state index in [0.29, 0.717) is 0 Å². The normalized spacial score (nSPS) is 35.4. The van der Waals surface area contributed by atoms with Crippen LogP contribution in [-0.2, 0) is 0 Å². The van der Waals surface area contributed by atoms with Crippen LogP contribution in [0, 0.1) is 11.8 Å². The molecule has 2 saturated carbocycles. The van der Waals surface area contributed by atoms with Crippen LogP contribution >= 0.6 is 0 Å². The predicted molar refractivity (Wildman–Crippen MR) is 67.5 cm³/mol. The molecule has 3 aliphatic rings. The van der Waals surface area contributed by atoms with Crippen molar-refractivity contribution in [3.8, 4) is 0 Å². The molecule has 2 aliphatic carbocycles. The van der Waals surface area contributed by atoms with Crippen LogP contribution in [0.25, 0.3) is 0 Å². The molecule has 1 heterocycles. The van der Waals surface area contributed by atoms with Gasteiger partial charge in [-0.05, 0) is 44.4 Å². The summed E-state index contributed by atoms with van der Waals surface area (Å²) >= 11 is 0. The molecular formula is C14H26N2. The molecule has 2 heteroatoms. The number of nitrogens with zero attached hydrogens (tertiary/aromatic N) is 1. The Morgan fingerprint density at radius 3 is 2.56 bits per heavy atom. The first-order valence-corrected chi connectivity index (χ1v) is 7.32. The molecule has 0 aromatic carbocycles. The van der Waals surface area contributed by atoms with Gasteiger partial charge in [0.05, 0.1) is 0 Å². The Bertz CT molecular complexity index is 231. The third-order valence-corrected chi connectivity index (χ3v) is 5.09. The van der Waals surface area contributed by atoms with Gasteiger partial charge >= 0.3 is 0 Å². The summed E-state index contributed by atoms with van der Waals surface area (Å²) in [6.45, 7) is 6.30. The second-order valence-corrected chi connectivity index (χ2v) is 6.18. The molecule has 0 radical (unpaired) electrons. The third-order valence-electron chi connectivity index (χ3n) is 5.09. The van der Waals surface area contributed by atoms with Gasteiger partial charge in [0.25, 0.3) is 0 Å². The molecule has 2 atom stereocenters. The van der Waals surface area contributed by atoms with Gasteiger partial charge in [-0.25, -0.2) is 0 Å². The molecule has 0 amide bonds. The van der Waals surface area contributed by atoms with Crippen molar-refractivity contribution in [1.29, 1.82) is 0 Å². The Balaban J connectivity index is 1.55. The summed E-state index contributed by atoms with van der Waals surface area (Å²) in [5, 5.41) is 3.71. The zero-order valence-electron chi connectivity index (χ0n) is 10.6.